The van der Waals surface area contributed by atoms with Crippen molar-refractivity contribution in [2.24, 2.45) is 30.7 Å². The molecule has 4 rings (SSSR count). The fraction of sp³-hybridized carbons (Fsp3) is 0.172. The van der Waals surface area contributed by atoms with Crippen LogP contribution in [-0.4, -0.2) is 87.6 Å². The van der Waals surface area contributed by atoms with Crippen LogP contribution in [-0.2, 0) is 77.4 Å². The molecule has 0 aliphatic carbocycles. The SMILES string of the molecule is COc1ccc(SOO[O-])cc1N=Nc1cc(N=Nc2ccc(S(=O)(=O)CCOSOO[O-])cc2S(=O)(=O)[O-])c(N)c(N=Nc2ccc(S(=O)(=O)CCOS(=O)(=O)[O-])cc2S(=O)(=O)[O-])c1N.[Na+].[Na+].[Na+].[Na+].[Na+]. The van der Waals surface area contributed by atoms with Crippen molar-refractivity contribution in [3.8, 4) is 5.75 Å². The molecule has 0 aliphatic rings. The third-order valence-corrected chi connectivity index (χ3v) is 14.2. The summed E-state index contributed by atoms with van der Waals surface area (Å²) in [6, 6.07) is 8.99. The fourth-order valence-electron chi connectivity index (χ4n) is 4.75. The molecule has 0 bridgehead atoms. The quantitative estimate of drug-likeness (QED) is 0.00757. The minimum absolute atomic E-state index is 0. The Morgan fingerprint density at radius 3 is 1.45 bits per heavy atom. The molecule has 4 aromatic rings. The van der Waals surface area contributed by atoms with Crippen LogP contribution in [0.15, 0.2) is 116 Å². The molecule has 0 aliphatic heterocycles. The van der Waals surface area contributed by atoms with E-state index in [1.54, 1.807) is 0 Å². The van der Waals surface area contributed by atoms with Gasteiger partial charge in [-0.2, -0.15) is 4.33 Å². The van der Waals surface area contributed by atoms with Gasteiger partial charge in [0.05, 0.1) is 74.8 Å². The molecule has 30 nitrogen and oxygen atoms in total. The predicted octanol–water partition coefficient (Wildman–Crippen LogP) is -13.0. The first-order valence-corrected chi connectivity index (χ1v) is 25.5. The molecule has 0 amide bonds. The van der Waals surface area contributed by atoms with Crippen molar-refractivity contribution in [1.82, 2.24) is 0 Å². The van der Waals surface area contributed by atoms with E-state index in [1.165, 1.54) is 25.3 Å². The van der Waals surface area contributed by atoms with Crippen molar-refractivity contribution in [1.29, 1.82) is 0 Å². The Morgan fingerprint density at radius 1 is 0.549 bits per heavy atom. The van der Waals surface area contributed by atoms with Crippen LogP contribution in [0, 0.1) is 0 Å². The number of nitrogens with zero attached hydrogens (tertiary/aromatic N) is 6. The molecule has 71 heavy (non-hydrogen) atoms. The molecule has 0 spiro atoms. The van der Waals surface area contributed by atoms with E-state index in [9.17, 15) is 66.3 Å². The summed E-state index contributed by atoms with van der Waals surface area (Å²) in [5.41, 5.74) is 8.32. The Labute approximate surface area is 523 Å². The number of azo groups is 3. The number of rotatable bonds is 24. The van der Waals surface area contributed by atoms with Gasteiger partial charge in [0.15, 0.2) is 32.0 Å². The van der Waals surface area contributed by atoms with Crippen molar-refractivity contribution < 1.29 is 246 Å². The summed E-state index contributed by atoms with van der Waals surface area (Å²) in [6.07, 6.45) is 0. The Morgan fingerprint density at radius 2 is 1.00 bits per heavy atom. The van der Waals surface area contributed by atoms with E-state index in [0.29, 0.717) is 30.2 Å². The number of anilines is 2. The maximum absolute atomic E-state index is 12.8. The van der Waals surface area contributed by atoms with Crippen LogP contribution in [0.3, 0.4) is 0 Å². The first kappa shape index (κ1) is 73.2. The van der Waals surface area contributed by atoms with Gasteiger partial charge < -0.3 is 40.4 Å². The van der Waals surface area contributed by atoms with Crippen molar-refractivity contribution >= 4 is 120 Å². The van der Waals surface area contributed by atoms with Gasteiger partial charge in [0.1, 0.15) is 60.1 Å². The summed E-state index contributed by atoms with van der Waals surface area (Å²) >= 11 is 0.464. The number of nitrogens with two attached hydrogens (primary N) is 2. The predicted molar refractivity (Wildman–Crippen MR) is 213 cm³/mol. The van der Waals surface area contributed by atoms with E-state index >= 15 is 0 Å². The number of nitrogen functional groups attached to an aromatic ring is 2. The average molecular weight is 1180 g/mol. The molecule has 4 N–H and O–H groups in total. The molecule has 0 saturated carbocycles. The van der Waals surface area contributed by atoms with Crippen molar-refractivity contribution in [3.05, 3.63) is 60.7 Å². The summed E-state index contributed by atoms with van der Waals surface area (Å²) in [7, 11) is -24.1. The van der Waals surface area contributed by atoms with Crippen molar-refractivity contribution in [2.45, 2.75) is 24.5 Å². The van der Waals surface area contributed by atoms with Gasteiger partial charge in [-0.05, 0) is 60.7 Å². The van der Waals surface area contributed by atoms with Crippen molar-refractivity contribution in [2.75, 3.05) is 43.3 Å². The zero-order valence-corrected chi connectivity index (χ0v) is 53.0. The van der Waals surface area contributed by atoms with Crippen LogP contribution in [0.25, 0.3) is 0 Å². The van der Waals surface area contributed by atoms with E-state index in [4.69, 9.17) is 16.2 Å². The molecular formula is C29H25N8Na5O22S7. The molecule has 0 radical (unpaired) electrons. The zero-order chi connectivity index (χ0) is 49.1. The second-order valence-corrected chi connectivity index (χ2v) is 21.1. The maximum Gasteiger partial charge on any atom is 1.00 e. The number of sulfone groups is 2. The fourth-order valence-corrected chi connectivity index (χ4v) is 9.50. The van der Waals surface area contributed by atoms with Crippen LogP contribution in [0.2, 0.25) is 0 Å². The number of methoxy groups -OCH3 is 1. The molecule has 4 aromatic carbocycles. The summed E-state index contributed by atoms with van der Waals surface area (Å²) in [4.78, 5) is -3.80. The first-order chi connectivity index (χ1) is 30.8. The van der Waals surface area contributed by atoms with Crippen LogP contribution in [0.1, 0.15) is 0 Å². The Kier molecular flexibility index (Phi) is 33.7. The van der Waals surface area contributed by atoms with E-state index in [1.807, 2.05) is 0 Å². The number of hydrogen-bond acceptors (Lipinski definition) is 32. The van der Waals surface area contributed by atoms with Crippen LogP contribution < -0.4 is 175 Å². The number of hydrogen-bond donors (Lipinski definition) is 2. The Bertz CT molecular complexity index is 3130. The molecule has 0 unspecified atom stereocenters. The van der Waals surface area contributed by atoms with Crippen molar-refractivity contribution in [3.63, 3.8) is 0 Å². The molecule has 0 aromatic heterocycles. The maximum atomic E-state index is 12.8. The third kappa shape index (κ3) is 22.5. The monoisotopic (exact) mass is 1180 g/mol. The largest absolute Gasteiger partial charge is 1.00 e. The van der Waals surface area contributed by atoms with Gasteiger partial charge in [-0.15, -0.1) is 35.0 Å². The molecule has 0 fully saturated rings. The van der Waals surface area contributed by atoms with E-state index in [2.05, 4.69) is 57.8 Å². The molecule has 0 atom stereocenters. The smallest absolute Gasteiger partial charge is 0.744 e. The van der Waals surface area contributed by atoms with Gasteiger partial charge in [-0.1, -0.05) is 0 Å². The van der Waals surface area contributed by atoms with Gasteiger partial charge in [0, 0.05) is 4.90 Å². The van der Waals surface area contributed by atoms with Crippen LogP contribution in [0.5, 0.6) is 5.75 Å². The van der Waals surface area contributed by atoms with Gasteiger partial charge in [-0.25, -0.2) is 42.1 Å². The minimum atomic E-state index is -5.59. The number of benzene rings is 4. The Balaban J connectivity index is 0. The molecule has 0 saturated heterocycles. The molecule has 0 heterocycles. The molecular weight excluding hydrogens is 1150 g/mol. The van der Waals surface area contributed by atoms with E-state index < -0.39 is 134 Å². The summed E-state index contributed by atoms with van der Waals surface area (Å²) in [5, 5.41) is 49.8. The summed E-state index contributed by atoms with van der Waals surface area (Å²) < 4.78 is 179. The standard InChI is InChI=1S/C29H30N8O22S7.5Na/c1-53-24-7-2-16(60-58-56-38)12-21(24)34-36-23-15-22(35-32-19-5-3-17(13-25(19)64(44,45)46)62(40,41)10-8-54-61-59-57-39)27(30)29(28(23)31)37-33-20-6-4-18(14-26(20)65(47,48)49)63(42,43)11-9-55-66(50,51)52;;;;;/h2-7,12-15,38-39H,8-11,30-31H2,1H3,(H,44,45,46)(H,47,48,49)(H,50,51,52);;;;;/q;5*+1/p-5. The summed E-state index contributed by atoms with van der Waals surface area (Å²) in [5.74, 6) is -1.88. The van der Waals surface area contributed by atoms with Gasteiger partial charge in [-0.3, -0.25) is 18.4 Å². The summed E-state index contributed by atoms with van der Waals surface area (Å²) in [6.45, 7) is -1.77. The van der Waals surface area contributed by atoms with Gasteiger partial charge in [0.25, 0.3) is 0 Å². The topological polar surface area (TPSA) is 477 Å². The normalized spacial score (nSPS) is 12.1. The minimum Gasteiger partial charge on any atom is -0.744 e. The second kappa shape index (κ2) is 32.7. The average Bonchev–Trinajstić information content (AvgIpc) is 3.23. The van der Waals surface area contributed by atoms with Crippen LogP contribution >= 0.6 is 24.4 Å². The number of ether oxygens (including phenoxy) is 1. The van der Waals surface area contributed by atoms with Gasteiger partial charge in [0.2, 0.25) is 10.4 Å². The van der Waals surface area contributed by atoms with Crippen LogP contribution in [0.4, 0.5) is 45.5 Å². The van der Waals surface area contributed by atoms with E-state index in [0.717, 1.165) is 24.3 Å². The molecule has 360 valence electrons. The second-order valence-electron chi connectivity index (χ2n) is 11.8. The van der Waals surface area contributed by atoms with E-state index in [-0.39, 0.29) is 176 Å². The first-order valence-electron chi connectivity index (χ1n) is 16.6. The Hall–Kier alpha value is 0.0900. The van der Waals surface area contributed by atoms with Gasteiger partial charge >= 0.3 is 148 Å². The zero-order valence-electron chi connectivity index (χ0n) is 37.3. The molecule has 42 heteroatoms. The third-order valence-electron chi connectivity index (χ3n) is 7.67.